The van der Waals surface area contributed by atoms with Crippen LogP contribution in [0.3, 0.4) is 0 Å². The van der Waals surface area contributed by atoms with Gasteiger partial charge in [0, 0.05) is 5.75 Å². The number of benzene rings is 2. The van der Waals surface area contributed by atoms with Gasteiger partial charge in [0.05, 0.1) is 22.3 Å². The number of hydrogen-bond acceptors (Lipinski definition) is 5. The lowest BCUT2D eigenvalue weighted by molar-refractivity contribution is -0.113. The van der Waals surface area contributed by atoms with Crippen molar-refractivity contribution in [1.82, 2.24) is 14.8 Å². The van der Waals surface area contributed by atoms with Crippen molar-refractivity contribution in [3.05, 3.63) is 82.2 Å². The molecule has 0 saturated heterocycles. The Kier molecular flexibility index (Phi) is 6.17. The van der Waals surface area contributed by atoms with Crippen LogP contribution in [0.15, 0.2) is 65.8 Å². The van der Waals surface area contributed by atoms with Crippen LogP contribution in [0, 0.1) is 5.82 Å². The highest BCUT2D eigenvalue weighted by atomic mass is 35.5. The van der Waals surface area contributed by atoms with E-state index in [1.54, 1.807) is 53.5 Å². The third-order valence-corrected chi connectivity index (χ3v) is 5.85. The molecule has 0 N–H and O–H groups in total. The summed E-state index contributed by atoms with van der Waals surface area (Å²) in [6.07, 6.45) is 4.65. The first-order chi connectivity index (χ1) is 14.5. The van der Waals surface area contributed by atoms with Crippen LogP contribution < -0.4 is 4.90 Å². The molecule has 3 aromatic rings. The zero-order valence-electron chi connectivity index (χ0n) is 15.4. The van der Waals surface area contributed by atoms with Gasteiger partial charge in [-0.25, -0.2) is 14.4 Å². The number of thioether (sulfide) groups is 1. The van der Waals surface area contributed by atoms with Gasteiger partial charge in [-0.15, -0.1) is 0 Å². The van der Waals surface area contributed by atoms with E-state index in [1.165, 1.54) is 29.1 Å². The average Bonchev–Trinajstić information content (AvgIpc) is 3.34. The van der Waals surface area contributed by atoms with Gasteiger partial charge in [0.25, 0.3) is 5.91 Å². The van der Waals surface area contributed by atoms with E-state index in [2.05, 4.69) is 15.1 Å². The Morgan fingerprint density at radius 2 is 1.97 bits per heavy atom. The van der Waals surface area contributed by atoms with Gasteiger partial charge in [-0.3, -0.25) is 14.4 Å². The third-order valence-electron chi connectivity index (χ3n) is 4.19. The Hall–Kier alpha value is -2.68. The average molecular weight is 462 g/mol. The van der Waals surface area contributed by atoms with Gasteiger partial charge in [-0.1, -0.05) is 53.2 Å². The fraction of sp³-hybridized carbons (Fsp3) is 0.100. The summed E-state index contributed by atoms with van der Waals surface area (Å²) in [5.74, 6) is -0.360. The highest BCUT2D eigenvalue weighted by Crippen LogP contribution is 2.32. The zero-order chi connectivity index (χ0) is 21.1. The number of carbonyl (C=O) groups is 1. The van der Waals surface area contributed by atoms with Gasteiger partial charge < -0.3 is 0 Å². The van der Waals surface area contributed by atoms with Gasteiger partial charge in [-0.05, 0) is 35.9 Å². The van der Waals surface area contributed by atoms with Crippen molar-refractivity contribution in [2.24, 2.45) is 4.99 Å². The van der Waals surface area contributed by atoms with E-state index >= 15 is 0 Å². The Morgan fingerprint density at radius 1 is 1.13 bits per heavy atom. The van der Waals surface area contributed by atoms with Crippen molar-refractivity contribution in [3.8, 4) is 0 Å². The van der Waals surface area contributed by atoms with E-state index in [0.717, 1.165) is 0 Å². The van der Waals surface area contributed by atoms with Gasteiger partial charge >= 0.3 is 0 Å². The molecule has 152 valence electrons. The van der Waals surface area contributed by atoms with Gasteiger partial charge in [0.15, 0.2) is 5.17 Å². The number of anilines is 1. The van der Waals surface area contributed by atoms with Gasteiger partial charge in [0.1, 0.15) is 24.2 Å². The molecule has 0 fully saturated rings. The Bertz CT molecular complexity index is 1150. The van der Waals surface area contributed by atoms with E-state index in [9.17, 15) is 9.18 Å². The predicted octanol–water partition coefficient (Wildman–Crippen LogP) is 4.90. The first-order valence-electron chi connectivity index (χ1n) is 8.82. The lowest BCUT2D eigenvalue weighted by Crippen LogP contribution is -2.31. The zero-order valence-corrected chi connectivity index (χ0v) is 17.7. The van der Waals surface area contributed by atoms with Crippen LogP contribution in [0.4, 0.5) is 10.1 Å². The maximum Gasteiger partial charge on any atom is 0.283 e. The van der Waals surface area contributed by atoms with Crippen LogP contribution in [0.2, 0.25) is 10.0 Å². The number of nitrogens with zero attached hydrogens (tertiary/aromatic N) is 5. The summed E-state index contributed by atoms with van der Waals surface area (Å²) in [6, 6.07) is 11.1. The summed E-state index contributed by atoms with van der Waals surface area (Å²) >= 11 is 13.4. The minimum Gasteiger partial charge on any atom is -0.266 e. The van der Waals surface area contributed by atoms with Crippen molar-refractivity contribution < 1.29 is 9.18 Å². The Labute approximate surface area is 186 Å². The molecule has 10 heteroatoms. The van der Waals surface area contributed by atoms with E-state index < -0.39 is 11.7 Å². The second-order valence-corrected chi connectivity index (χ2v) is 8.07. The molecule has 1 aromatic heterocycles. The van der Waals surface area contributed by atoms with Crippen LogP contribution in [-0.2, 0) is 11.3 Å². The van der Waals surface area contributed by atoms with Crippen LogP contribution in [-0.4, -0.2) is 31.6 Å². The van der Waals surface area contributed by atoms with Crippen molar-refractivity contribution in [2.45, 2.75) is 6.54 Å². The maximum absolute atomic E-state index is 14.5. The van der Waals surface area contributed by atoms with Crippen LogP contribution in [0.1, 0.15) is 5.56 Å². The first kappa shape index (κ1) is 20.6. The maximum atomic E-state index is 14.5. The number of para-hydroxylation sites is 1. The van der Waals surface area contributed by atoms with E-state index in [0.29, 0.717) is 33.1 Å². The van der Waals surface area contributed by atoms with Crippen molar-refractivity contribution in [1.29, 1.82) is 0 Å². The number of carbonyl (C=O) groups excluding carboxylic acids is 1. The number of aryl methyl sites for hydroxylation is 1. The summed E-state index contributed by atoms with van der Waals surface area (Å²) in [6.45, 7) is 0.564. The molecule has 6 nitrogen and oxygen atoms in total. The SMILES string of the molecule is O=C1C(=Cc2ccc(Cl)c(Cl)c2)N=C(SCCn2cncn2)N1c1ccccc1F. The molecule has 0 atom stereocenters. The molecule has 1 amide bonds. The molecule has 2 heterocycles. The van der Waals surface area contributed by atoms with Crippen LogP contribution in [0.25, 0.3) is 6.08 Å². The van der Waals surface area contributed by atoms with Crippen molar-refractivity contribution >= 4 is 57.8 Å². The van der Waals surface area contributed by atoms with E-state index in [-0.39, 0.29) is 11.4 Å². The number of aromatic nitrogens is 3. The number of aliphatic imine (C=N–C) groups is 1. The van der Waals surface area contributed by atoms with Gasteiger partial charge in [0.2, 0.25) is 0 Å². The summed E-state index contributed by atoms with van der Waals surface area (Å²) in [5, 5.41) is 5.22. The second-order valence-electron chi connectivity index (χ2n) is 6.20. The quantitative estimate of drug-likeness (QED) is 0.506. The molecular weight excluding hydrogens is 448 g/mol. The van der Waals surface area contributed by atoms with E-state index in [1.807, 2.05) is 0 Å². The molecule has 2 aromatic carbocycles. The van der Waals surface area contributed by atoms with Crippen molar-refractivity contribution in [2.75, 3.05) is 10.7 Å². The molecule has 0 radical (unpaired) electrons. The fourth-order valence-electron chi connectivity index (χ4n) is 2.78. The summed E-state index contributed by atoms with van der Waals surface area (Å²) in [4.78, 5) is 22.7. The minimum absolute atomic E-state index is 0.145. The lowest BCUT2D eigenvalue weighted by atomic mass is 10.2. The molecular formula is C20H14Cl2FN5OS. The number of hydrogen-bond donors (Lipinski definition) is 0. The molecule has 1 aliphatic heterocycles. The smallest absolute Gasteiger partial charge is 0.266 e. The summed E-state index contributed by atoms with van der Waals surface area (Å²) < 4.78 is 16.1. The molecule has 0 unspecified atom stereocenters. The number of rotatable bonds is 5. The molecule has 0 spiro atoms. The standard InChI is InChI=1S/C20H14Cl2FN5OS/c21-14-6-5-13(9-15(14)22)10-17-19(29)28(18-4-2-1-3-16(18)23)20(26-17)30-8-7-27-12-24-11-25-27/h1-6,9-12H,7-8H2. The summed E-state index contributed by atoms with van der Waals surface area (Å²) in [5.41, 5.74) is 0.991. The second kappa shape index (κ2) is 8.99. The topological polar surface area (TPSA) is 63.4 Å². The monoisotopic (exact) mass is 461 g/mol. The molecule has 1 aliphatic rings. The van der Waals surface area contributed by atoms with E-state index in [4.69, 9.17) is 23.2 Å². The predicted molar refractivity (Wildman–Crippen MR) is 118 cm³/mol. The Morgan fingerprint density at radius 3 is 2.70 bits per heavy atom. The van der Waals surface area contributed by atoms with Gasteiger partial charge in [-0.2, -0.15) is 5.10 Å². The molecule has 0 saturated carbocycles. The minimum atomic E-state index is -0.508. The highest BCUT2D eigenvalue weighted by molar-refractivity contribution is 8.14. The lowest BCUT2D eigenvalue weighted by Gasteiger charge is -2.18. The fourth-order valence-corrected chi connectivity index (χ4v) is 4.02. The number of halogens is 3. The number of amides is 1. The third kappa shape index (κ3) is 4.40. The normalized spacial score (nSPS) is 15.2. The molecule has 0 aliphatic carbocycles. The molecule has 30 heavy (non-hydrogen) atoms. The first-order valence-corrected chi connectivity index (χ1v) is 10.6. The largest absolute Gasteiger partial charge is 0.283 e. The number of amidine groups is 1. The Balaban J connectivity index is 1.64. The molecule has 0 bridgehead atoms. The van der Waals surface area contributed by atoms with Crippen molar-refractivity contribution in [3.63, 3.8) is 0 Å². The van der Waals surface area contributed by atoms with Crippen LogP contribution in [0.5, 0.6) is 0 Å². The van der Waals surface area contributed by atoms with Crippen LogP contribution >= 0.6 is 35.0 Å². The molecule has 4 rings (SSSR count). The summed E-state index contributed by atoms with van der Waals surface area (Å²) in [7, 11) is 0. The highest BCUT2D eigenvalue weighted by Gasteiger charge is 2.33.